The maximum absolute atomic E-state index is 14.7. The van der Waals surface area contributed by atoms with E-state index >= 15 is 0 Å². The maximum Gasteiger partial charge on any atom is 0.471 e. The van der Waals surface area contributed by atoms with Crippen molar-refractivity contribution in [1.82, 2.24) is 19.8 Å². The Labute approximate surface area is 228 Å². The largest absolute Gasteiger partial charge is 0.471 e. The van der Waals surface area contributed by atoms with Crippen molar-refractivity contribution in [3.05, 3.63) is 101 Å². The molecule has 5 rings (SSSR count). The van der Waals surface area contributed by atoms with Gasteiger partial charge in [-0.2, -0.15) is 13.2 Å². The number of halogens is 4. The maximum atomic E-state index is 14.7. The van der Waals surface area contributed by atoms with Crippen molar-refractivity contribution in [3.8, 4) is 0 Å². The number of piperidine rings is 1. The summed E-state index contributed by atoms with van der Waals surface area (Å²) in [5, 5.41) is 1.82. The molecule has 40 heavy (non-hydrogen) atoms. The lowest BCUT2D eigenvalue weighted by atomic mass is 9.88. The second-order valence-corrected chi connectivity index (χ2v) is 10.0. The van der Waals surface area contributed by atoms with Gasteiger partial charge in [0, 0.05) is 32.0 Å². The summed E-state index contributed by atoms with van der Waals surface area (Å²) in [5.74, 6) is -2.86. The van der Waals surface area contributed by atoms with Crippen LogP contribution in [0, 0.1) is 5.82 Å². The average Bonchev–Trinajstić information content (AvgIpc) is 3.35. The smallest absolute Gasteiger partial charge is 0.344 e. The molecule has 2 aromatic carbocycles. The van der Waals surface area contributed by atoms with Crippen LogP contribution in [0.2, 0.25) is 0 Å². The van der Waals surface area contributed by atoms with E-state index in [9.17, 15) is 27.2 Å². The van der Waals surface area contributed by atoms with Gasteiger partial charge in [0.1, 0.15) is 11.3 Å². The van der Waals surface area contributed by atoms with E-state index in [0.717, 1.165) is 11.1 Å². The molecule has 10 heteroatoms. The van der Waals surface area contributed by atoms with Crippen molar-refractivity contribution < 1.29 is 27.2 Å². The molecule has 1 aliphatic heterocycles. The van der Waals surface area contributed by atoms with Crippen LogP contribution in [0.1, 0.15) is 58.8 Å². The fraction of sp³-hybridized carbons (Fsp3) is 0.300. The molecule has 1 fully saturated rings. The summed E-state index contributed by atoms with van der Waals surface area (Å²) in [7, 11) is 0. The Morgan fingerprint density at radius 3 is 2.48 bits per heavy atom. The second kappa shape index (κ2) is 11.1. The zero-order chi connectivity index (χ0) is 28.4. The van der Waals surface area contributed by atoms with Gasteiger partial charge < -0.3 is 14.8 Å². The molecule has 0 saturated carbocycles. The summed E-state index contributed by atoms with van der Waals surface area (Å²) in [6.45, 7) is 2.50. The van der Waals surface area contributed by atoms with Crippen LogP contribution in [0.25, 0.3) is 11.0 Å². The zero-order valence-electron chi connectivity index (χ0n) is 21.8. The molecule has 1 aliphatic rings. The minimum Gasteiger partial charge on any atom is -0.344 e. The molecular weight excluding hydrogens is 524 g/mol. The Hall–Kier alpha value is -4.21. The van der Waals surface area contributed by atoms with E-state index in [2.05, 4.69) is 16.5 Å². The number of pyridine rings is 1. The molecule has 0 bridgehead atoms. The summed E-state index contributed by atoms with van der Waals surface area (Å²) >= 11 is 0. The van der Waals surface area contributed by atoms with Crippen LogP contribution >= 0.6 is 0 Å². The van der Waals surface area contributed by atoms with Gasteiger partial charge in [-0.25, -0.2) is 4.39 Å². The van der Waals surface area contributed by atoms with Gasteiger partial charge >= 0.3 is 12.1 Å². The van der Waals surface area contributed by atoms with Crippen LogP contribution in [-0.2, 0) is 11.3 Å². The van der Waals surface area contributed by atoms with E-state index in [1.54, 1.807) is 11.1 Å². The number of amides is 2. The van der Waals surface area contributed by atoms with Crippen LogP contribution in [0.5, 0.6) is 0 Å². The van der Waals surface area contributed by atoms with Crippen LogP contribution in [-0.4, -0.2) is 45.5 Å². The number of fused-ring (bicyclic) bond motifs is 1. The van der Waals surface area contributed by atoms with E-state index < -0.39 is 17.9 Å². The summed E-state index contributed by atoms with van der Waals surface area (Å²) < 4.78 is 54.3. The van der Waals surface area contributed by atoms with Gasteiger partial charge in [0.2, 0.25) is 0 Å². The highest BCUT2D eigenvalue weighted by molar-refractivity contribution is 6.05. The van der Waals surface area contributed by atoms with Gasteiger partial charge in [0.25, 0.3) is 5.91 Å². The SMILES string of the molecule is CC(c1ccccc1)n1cc(C(=O)N2CCC(c3cc(CNC(=O)C(F)(F)F)ccc3F)CC2)c2ncccc21. The zero-order valence-corrected chi connectivity index (χ0v) is 21.8. The number of nitrogens with one attached hydrogen (secondary N) is 1. The lowest BCUT2D eigenvalue weighted by molar-refractivity contribution is -0.173. The third-order valence-electron chi connectivity index (χ3n) is 7.51. The van der Waals surface area contributed by atoms with Gasteiger partial charge in [-0.15, -0.1) is 0 Å². The molecule has 2 aromatic heterocycles. The van der Waals surface area contributed by atoms with Crippen LogP contribution in [0.15, 0.2) is 73.1 Å². The minimum atomic E-state index is -4.98. The van der Waals surface area contributed by atoms with E-state index in [1.165, 1.54) is 18.2 Å². The molecule has 0 radical (unpaired) electrons. The summed E-state index contributed by atoms with van der Waals surface area (Å²) in [4.78, 5) is 31.0. The molecular formula is C30H28F4N4O2. The first-order valence-electron chi connectivity index (χ1n) is 13.1. The third-order valence-corrected chi connectivity index (χ3v) is 7.51. The molecule has 2 amide bonds. The monoisotopic (exact) mass is 552 g/mol. The molecule has 0 spiro atoms. The Morgan fingerprint density at radius 1 is 1.05 bits per heavy atom. The molecule has 0 aliphatic carbocycles. The Kier molecular flexibility index (Phi) is 7.60. The van der Waals surface area contributed by atoms with Crippen molar-refractivity contribution in [2.75, 3.05) is 13.1 Å². The predicted molar refractivity (Wildman–Crippen MR) is 142 cm³/mol. The number of likely N-dealkylation sites (tertiary alicyclic amines) is 1. The van der Waals surface area contributed by atoms with E-state index in [4.69, 9.17) is 0 Å². The van der Waals surface area contributed by atoms with Crippen LogP contribution in [0.4, 0.5) is 17.6 Å². The molecule has 1 N–H and O–H groups in total. The van der Waals surface area contributed by atoms with Gasteiger partial charge in [-0.3, -0.25) is 14.6 Å². The Morgan fingerprint density at radius 2 is 1.77 bits per heavy atom. The number of aromatic nitrogens is 2. The normalized spacial score (nSPS) is 15.3. The molecule has 1 atom stereocenters. The van der Waals surface area contributed by atoms with Gasteiger partial charge in [0.15, 0.2) is 0 Å². The van der Waals surface area contributed by atoms with Gasteiger partial charge in [0.05, 0.1) is 17.1 Å². The molecule has 4 aromatic rings. The quantitative estimate of drug-likeness (QED) is 0.299. The highest BCUT2D eigenvalue weighted by atomic mass is 19.4. The molecule has 208 valence electrons. The fourth-order valence-corrected chi connectivity index (χ4v) is 5.31. The number of hydrogen-bond acceptors (Lipinski definition) is 3. The highest BCUT2D eigenvalue weighted by Gasteiger charge is 2.38. The molecule has 6 nitrogen and oxygen atoms in total. The number of nitrogens with zero attached hydrogens (tertiary/aromatic N) is 3. The molecule has 1 saturated heterocycles. The lowest BCUT2D eigenvalue weighted by Gasteiger charge is -2.32. The van der Waals surface area contributed by atoms with E-state index in [1.807, 2.05) is 54.0 Å². The highest BCUT2D eigenvalue weighted by Crippen LogP contribution is 2.33. The van der Waals surface area contributed by atoms with Crippen LogP contribution in [0.3, 0.4) is 0 Å². The first kappa shape index (κ1) is 27.4. The number of rotatable bonds is 6. The number of hydrogen-bond donors (Lipinski definition) is 1. The first-order valence-corrected chi connectivity index (χ1v) is 13.1. The number of carbonyl (C=O) groups excluding carboxylic acids is 2. The average molecular weight is 553 g/mol. The van der Waals surface area contributed by atoms with Crippen LogP contribution < -0.4 is 5.32 Å². The van der Waals surface area contributed by atoms with E-state index in [-0.39, 0.29) is 24.4 Å². The van der Waals surface area contributed by atoms with Gasteiger partial charge in [-0.1, -0.05) is 42.5 Å². The second-order valence-electron chi connectivity index (χ2n) is 10.0. The Balaban J connectivity index is 1.30. The summed E-state index contributed by atoms with van der Waals surface area (Å²) in [6.07, 6.45) is -0.484. The number of alkyl halides is 3. The van der Waals surface area contributed by atoms with Crippen molar-refractivity contribution in [1.29, 1.82) is 0 Å². The first-order chi connectivity index (χ1) is 19.1. The molecule has 3 heterocycles. The third kappa shape index (κ3) is 5.57. The predicted octanol–water partition coefficient (Wildman–Crippen LogP) is 5.98. The molecule has 1 unspecified atom stereocenters. The number of benzene rings is 2. The van der Waals surface area contributed by atoms with Crippen molar-refractivity contribution in [2.45, 2.75) is 44.4 Å². The van der Waals surface area contributed by atoms with Gasteiger partial charge in [-0.05, 0) is 60.6 Å². The topological polar surface area (TPSA) is 67.2 Å². The van der Waals surface area contributed by atoms with E-state index in [0.29, 0.717) is 48.1 Å². The summed E-state index contributed by atoms with van der Waals surface area (Å²) in [5.41, 5.74) is 3.83. The Bertz CT molecular complexity index is 1530. The summed E-state index contributed by atoms with van der Waals surface area (Å²) in [6, 6.07) is 17.8. The number of carbonyl (C=O) groups is 2. The van der Waals surface area contributed by atoms with Crippen molar-refractivity contribution in [3.63, 3.8) is 0 Å². The minimum absolute atomic E-state index is 0.0173. The standard InChI is InChI=1S/C30H28F4N4O2/c1-19(21-6-3-2-4-7-21)38-18-24(27-26(38)8-5-13-35-27)28(39)37-14-11-22(12-15-37)23-16-20(9-10-25(23)31)17-36-29(40)30(32,33)34/h2-10,13,16,18-19,22H,11-12,14-15,17H2,1H3,(H,36,40). The lowest BCUT2D eigenvalue weighted by Crippen LogP contribution is -2.38. The van der Waals surface area contributed by atoms with Crippen molar-refractivity contribution >= 4 is 22.8 Å². The van der Waals surface area contributed by atoms with Crippen molar-refractivity contribution in [2.24, 2.45) is 0 Å². The fourth-order valence-electron chi connectivity index (χ4n) is 5.31.